The molecule has 0 fully saturated rings. The number of imidazole rings is 1. The van der Waals surface area contributed by atoms with E-state index >= 15 is 0 Å². The van der Waals surface area contributed by atoms with Crippen molar-refractivity contribution in [1.82, 2.24) is 14.9 Å². The molecule has 19 heavy (non-hydrogen) atoms. The van der Waals surface area contributed by atoms with Crippen LogP contribution in [0.3, 0.4) is 0 Å². The van der Waals surface area contributed by atoms with E-state index in [-0.39, 0.29) is 5.75 Å². The maximum atomic E-state index is 11.8. The Hall–Kier alpha value is -1.70. The Labute approximate surface area is 113 Å². The monoisotopic (exact) mass is 287 g/mol. The summed E-state index contributed by atoms with van der Waals surface area (Å²) in [5.74, 6) is -0.623. The molecule has 0 spiro atoms. The van der Waals surface area contributed by atoms with Crippen LogP contribution in [0.25, 0.3) is 0 Å². The number of carboxylic acids is 1. The van der Waals surface area contributed by atoms with Crippen LogP contribution in [0, 0.1) is 0 Å². The molecule has 1 aromatic heterocycles. The SMILES string of the molecule is CC(=O)NC(CS(=O)CCc1nccn1C)C(=O)O. The zero-order chi connectivity index (χ0) is 14.4. The topological polar surface area (TPSA) is 101 Å². The smallest absolute Gasteiger partial charge is 0.327 e. The minimum Gasteiger partial charge on any atom is -0.480 e. The minimum atomic E-state index is -1.33. The Bertz CT molecular complexity index is 486. The molecule has 2 unspecified atom stereocenters. The predicted octanol–water partition coefficient (Wildman–Crippen LogP) is -0.699. The lowest BCUT2D eigenvalue weighted by molar-refractivity contribution is -0.140. The molecule has 0 aliphatic carbocycles. The molecule has 0 aliphatic rings. The molecule has 2 atom stereocenters. The predicted molar refractivity (Wildman–Crippen MR) is 70.0 cm³/mol. The second-order valence-electron chi connectivity index (χ2n) is 4.11. The van der Waals surface area contributed by atoms with Gasteiger partial charge < -0.3 is 15.0 Å². The van der Waals surface area contributed by atoms with E-state index in [1.165, 1.54) is 6.92 Å². The van der Waals surface area contributed by atoms with Crippen LogP contribution in [-0.2, 0) is 33.9 Å². The van der Waals surface area contributed by atoms with Crippen LogP contribution in [0.15, 0.2) is 12.4 Å². The summed E-state index contributed by atoms with van der Waals surface area (Å²) in [6.07, 6.45) is 3.94. The largest absolute Gasteiger partial charge is 0.480 e. The summed E-state index contributed by atoms with van der Waals surface area (Å²) in [7, 11) is 0.507. The van der Waals surface area contributed by atoms with E-state index in [2.05, 4.69) is 10.3 Å². The highest BCUT2D eigenvalue weighted by Crippen LogP contribution is 1.99. The van der Waals surface area contributed by atoms with Gasteiger partial charge in [0.15, 0.2) is 0 Å². The van der Waals surface area contributed by atoms with Crippen molar-refractivity contribution in [3.8, 4) is 0 Å². The number of nitrogens with zero attached hydrogens (tertiary/aromatic N) is 2. The van der Waals surface area contributed by atoms with Gasteiger partial charge in [-0.1, -0.05) is 0 Å². The third kappa shape index (κ3) is 5.21. The molecule has 0 radical (unpaired) electrons. The first-order valence-corrected chi connectivity index (χ1v) is 7.20. The summed E-state index contributed by atoms with van der Waals surface area (Å²) in [6.45, 7) is 1.23. The van der Waals surface area contributed by atoms with Crippen LogP contribution in [-0.4, -0.2) is 48.3 Å². The summed E-state index contributed by atoms with van der Waals surface area (Å²) in [5.41, 5.74) is 0. The zero-order valence-corrected chi connectivity index (χ0v) is 11.6. The number of aryl methyl sites for hydroxylation is 2. The maximum absolute atomic E-state index is 11.8. The quantitative estimate of drug-likeness (QED) is 0.690. The third-order valence-corrected chi connectivity index (χ3v) is 3.87. The fourth-order valence-electron chi connectivity index (χ4n) is 1.53. The minimum absolute atomic E-state index is 0.0979. The van der Waals surface area contributed by atoms with Crippen molar-refractivity contribution in [2.75, 3.05) is 11.5 Å². The Kier molecular flexibility index (Phi) is 5.68. The number of carbonyl (C=O) groups is 2. The van der Waals surface area contributed by atoms with Gasteiger partial charge in [-0.3, -0.25) is 9.00 Å². The van der Waals surface area contributed by atoms with Gasteiger partial charge in [-0.2, -0.15) is 0 Å². The van der Waals surface area contributed by atoms with Crippen molar-refractivity contribution >= 4 is 22.7 Å². The van der Waals surface area contributed by atoms with E-state index in [1.807, 2.05) is 11.6 Å². The number of rotatable bonds is 7. The Balaban J connectivity index is 2.47. The first-order valence-electron chi connectivity index (χ1n) is 5.71. The number of hydrogen-bond donors (Lipinski definition) is 2. The van der Waals surface area contributed by atoms with Crippen molar-refractivity contribution in [2.24, 2.45) is 7.05 Å². The first-order chi connectivity index (χ1) is 8.90. The van der Waals surface area contributed by atoms with Gasteiger partial charge in [0, 0.05) is 49.3 Å². The van der Waals surface area contributed by atoms with E-state index in [1.54, 1.807) is 12.4 Å². The molecule has 0 bridgehead atoms. The van der Waals surface area contributed by atoms with Crippen LogP contribution < -0.4 is 5.32 Å². The van der Waals surface area contributed by atoms with Crippen LogP contribution in [0.5, 0.6) is 0 Å². The van der Waals surface area contributed by atoms with Crippen molar-refractivity contribution in [3.05, 3.63) is 18.2 Å². The second-order valence-corrected chi connectivity index (χ2v) is 5.73. The van der Waals surface area contributed by atoms with Gasteiger partial charge in [-0.15, -0.1) is 0 Å². The number of carbonyl (C=O) groups excluding carboxylic acids is 1. The summed E-state index contributed by atoms with van der Waals surface area (Å²) in [4.78, 5) is 25.8. The molecule has 1 rings (SSSR count). The summed E-state index contributed by atoms with van der Waals surface area (Å²) in [6, 6.07) is -1.11. The average molecular weight is 287 g/mol. The van der Waals surface area contributed by atoms with E-state index in [0.717, 1.165) is 5.82 Å². The van der Waals surface area contributed by atoms with Crippen LogP contribution in [0.1, 0.15) is 12.7 Å². The van der Waals surface area contributed by atoms with Gasteiger partial charge in [0.25, 0.3) is 0 Å². The summed E-state index contributed by atoms with van der Waals surface area (Å²) >= 11 is 0. The van der Waals surface area contributed by atoms with Crippen LogP contribution in [0.2, 0.25) is 0 Å². The van der Waals surface area contributed by atoms with Gasteiger partial charge in [0.05, 0.1) is 5.75 Å². The zero-order valence-electron chi connectivity index (χ0n) is 10.8. The summed E-state index contributed by atoms with van der Waals surface area (Å²) in [5, 5.41) is 11.2. The van der Waals surface area contributed by atoms with E-state index in [4.69, 9.17) is 5.11 Å². The molecule has 0 saturated heterocycles. The van der Waals surface area contributed by atoms with Crippen LogP contribution >= 0.6 is 0 Å². The molecule has 1 heterocycles. The average Bonchev–Trinajstić information content (AvgIpc) is 2.70. The number of aliphatic carboxylic acids is 1. The molecule has 7 nitrogen and oxygen atoms in total. The lowest BCUT2D eigenvalue weighted by Gasteiger charge is -2.12. The molecule has 0 aromatic carbocycles. The number of nitrogens with one attached hydrogen (secondary N) is 1. The molecule has 106 valence electrons. The number of carboxylic acid groups (broad SMARTS) is 1. The van der Waals surface area contributed by atoms with Gasteiger partial charge >= 0.3 is 5.97 Å². The molecule has 1 aromatic rings. The number of amides is 1. The van der Waals surface area contributed by atoms with E-state index in [0.29, 0.717) is 12.2 Å². The van der Waals surface area contributed by atoms with Crippen molar-refractivity contribution < 1.29 is 18.9 Å². The van der Waals surface area contributed by atoms with Crippen molar-refractivity contribution in [3.63, 3.8) is 0 Å². The molecule has 0 aliphatic heterocycles. The van der Waals surface area contributed by atoms with Crippen molar-refractivity contribution in [1.29, 1.82) is 0 Å². The van der Waals surface area contributed by atoms with E-state index in [9.17, 15) is 13.8 Å². The molecular formula is C11H17N3O4S. The highest BCUT2D eigenvalue weighted by atomic mass is 32.2. The Morgan fingerprint density at radius 1 is 1.58 bits per heavy atom. The van der Waals surface area contributed by atoms with Gasteiger partial charge in [0.2, 0.25) is 5.91 Å². The van der Waals surface area contributed by atoms with Gasteiger partial charge in [-0.25, -0.2) is 9.78 Å². The fraction of sp³-hybridized carbons (Fsp3) is 0.545. The summed E-state index contributed by atoms with van der Waals surface area (Å²) < 4.78 is 13.6. The second kappa shape index (κ2) is 7.03. The molecule has 0 saturated carbocycles. The first kappa shape index (κ1) is 15.4. The van der Waals surface area contributed by atoms with Gasteiger partial charge in [-0.05, 0) is 0 Å². The van der Waals surface area contributed by atoms with E-state index < -0.39 is 28.7 Å². The van der Waals surface area contributed by atoms with Crippen LogP contribution in [0.4, 0.5) is 0 Å². The Morgan fingerprint density at radius 2 is 2.26 bits per heavy atom. The highest BCUT2D eigenvalue weighted by Gasteiger charge is 2.21. The maximum Gasteiger partial charge on any atom is 0.327 e. The molecule has 2 N–H and O–H groups in total. The van der Waals surface area contributed by atoms with Crippen molar-refractivity contribution in [2.45, 2.75) is 19.4 Å². The molecular weight excluding hydrogens is 270 g/mol. The lowest BCUT2D eigenvalue weighted by atomic mass is 10.3. The lowest BCUT2D eigenvalue weighted by Crippen LogP contribution is -2.43. The molecule has 1 amide bonds. The molecule has 8 heteroatoms. The third-order valence-electron chi connectivity index (χ3n) is 2.50. The number of aromatic nitrogens is 2. The van der Waals surface area contributed by atoms with Gasteiger partial charge in [0.1, 0.15) is 11.9 Å². The Morgan fingerprint density at radius 3 is 2.74 bits per heavy atom. The standard InChI is InChI=1S/C11H17N3O4S/c1-8(15)13-9(11(16)17)7-19(18)6-3-10-12-4-5-14(10)2/h4-5,9H,3,6-7H2,1-2H3,(H,13,15)(H,16,17). The normalized spacial score (nSPS) is 13.8. The fourth-order valence-corrected chi connectivity index (χ4v) is 2.71. The number of hydrogen-bond acceptors (Lipinski definition) is 4. The highest BCUT2D eigenvalue weighted by molar-refractivity contribution is 7.85.